The van der Waals surface area contributed by atoms with E-state index in [1.54, 1.807) is 7.11 Å². The highest BCUT2D eigenvalue weighted by molar-refractivity contribution is 7.80. The van der Waals surface area contributed by atoms with E-state index < -0.39 is 0 Å². The largest absolute Gasteiger partial charge is 0.383 e. The minimum Gasteiger partial charge on any atom is -0.383 e. The second kappa shape index (κ2) is 5.37. The third kappa shape index (κ3) is 6.23. The average Bonchev–Trinajstić information content (AvgIpc) is 1.66. The van der Waals surface area contributed by atoms with Gasteiger partial charge in [-0.15, -0.1) is 12.6 Å². The van der Waals surface area contributed by atoms with Gasteiger partial charge in [0, 0.05) is 13.7 Å². The summed E-state index contributed by atoms with van der Waals surface area (Å²) in [7, 11) is 1.64. The molecule has 0 saturated carbocycles. The summed E-state index contributed by atoms with van der Waals surface area (Å²) in [6.45, 7) is 1.43. The first-order chi connectivity index (χ1) is 3.77. The van der Waals surface area contributed by atoms with E-state index >= 15 is 0 Å². The van der Waals surface area contributed by atoms with Crippen LogP contribution in [0.4, 0.5) is 0 Å². The first kappa shape index (κ1) is 8.23. The minimum absolute atomic E-state index is 0.231. The van der Waals surface area contributed by atoms with Gasteiger partial charge in [0.15, 0.2) is 0 Å². The summed E-state index contributed by atoms with van der Waals surface area (Å²) in [5.74, 6) is 0. The second-order valence-electron chi connectivity index (χ2n) is 1.39. The Hall–Kier alpha value is 0.230. The number of thiol groups is 1. The van der Waals surface area contributed by atoms with Crippen molar-refractivity contribution in [1.29, 1.82) is 0 Å². The number of ether oxygens (including phenoxy) is 1. The number of hydrogen-bond donors (Lipinski definition) is 3. The van der Waals surface area contributed by atoms with Gasteiger partial charge in [-0.2, -0.15) is 0 Å². The van der Waals surface area contributed by atoms with Gasteiger partial charge in [-0.1, -0.05) is 0 Å². The van der Waals surface area contributed by atoms with Crippen molar-refractivity contribution < 1.29 is 4.74 Å². The van der Waals surface area contributed by atoms with Crippen LogP contribution in [0, 0.1) is 0 Å². The summed E-state index contributed by atoms with van der Waals surface area (Å²) < 4.78 is 4.74. The normalized spacial score (nSPS) is 13.9. The van der Waals surface area contributed by atoms with E-state index in [1.807, 2.05) is 0 Å². The lowest BCUT2D eigenvalue weighted by molar-refractivity contribution is 0.199. The molecule has 0 rings (SSSR count). The Morgan fingerprint density at radius 1 is 1.88 bits per heavy atom. The van der Waals surface area contributed by atoms with Gasteiger partial charge in [0.05, 0.1) is 6.61 Å². The fourth-order valence-electron chi connectivity index (χ4n) is 0.309. The lowest BCUT2D eigenvalue weighted by Gasteiger charge is -2.04. The van der Waals surface area contributed by atoms with Gasteiger partial charge in [0.25, 0.3) is 0 Å². The first-order valence-corrected chi connectivity index (χ1v) is 2.95. The van der Waals surface area contributed by atoms with Crippen LogP contribution in [-0.4, -0.2) is 25.8 Å². The fourth-order valence-corrected chi connectivity index (χ4v) is 0.438. The third-order valence-corrected chi connectivity index (χ3v) is 0.842. The van der Waals surface area contributed by atoms with Crippen LogP contribution in [0.5, 0.6) is 0 Å². The van der Waals surface area contributed by atoms with E-state index in [0.29, 0.717) is 6.61 Å². The molecule has 0 spiro atoms. The molecule has 0 fully saturated rings. The fraction of sp³-hybridized carbons (Fsp3) is 1.00. The zero-order valence-electron chi connectivity index (χ0n) is 4.92. The van der Waals surface area contributed by atoms with E-state index in [1.165, 1.54) is 0 Å². The Kier molecular flexibility index (Phi) is 5.52. The van der Waals surface area contributed by atoms with Crippen LogP contribution in [0.15, 0.2) is 0 Å². The average molecular weight is 136 g/mol. The van der Waals surface area contributed by atoms with Crippen LogP contribution in [-0.2, 0) is 4.74 Å². The quantitative estimate of drug-likeness (QED) is 0.275. The molecule has 0 amide bonds. The maximum atomic E-state index is 5.23. The standard InChI is InChI=1S/C4H12N2OS/c1-7-3-2-6-4(5)8/h4,6,8H,2-3,5H2,1H3. The van der Waals surface area contributed by atoms with Gasteiger partial charge < -0.3 is 10.5 Å². The molecule has 3 N–H and O–H groups in total. The highest BCUT2D eigenvalue weighted by atomic mass is 32.1. The van der Waals surface area contributed by atoms with Crippen molar-refractivity contribution in [2.45, 2.75) is 5.50 Å². The highest BCUT2D eigenvalue weighted by Gasteiger charge is 1.88. The predicted octanol–water partition coefficient (Wildman–Crippen LogP) is -0.606. The van der Waals surface area contributed by atoms with E-state index in [0.717, 1.165) is 6.54 Å². The topological polar surface area (TPSA) is 47.3 Å². The van der Waals surface area contributed by atoms with E-state index in [4.69, 9.17) is 10.5 Å². The van der Waals surface area contributed by atoms with Gasteiger partial charge >= 0.3 is 0 Å². The molecule has 0 bridgehead atoms. The molecule has 1 unspecified atom stereocenters. The Morgan fingerprint density at radius 3 is 2.88 bits per heavy atom. The van der Waals surface area contributed by atoms with Gasteiger partial charge in [-0.25, -0.2) is 0 Å². The molecular weight excluding hydrogens is 124 g/mol. The van der Waals surface area contributed by atoms with Crippen molar-refractivity contribution in [2.24, 2.45) is 5.73 Å². The molecule has 0 aromatic rings. The van der Waals surface area contributed by atoms with Crippen LogP contribution in [0.2, 0.25) is 0 Å². The second-order valence-corrected chi connectivity index (χ2v) is 1.95. The molecule has 0 aromatic carbocycles. The van der Waals surface area contributed by atoms with Crippen molar-refractivity contribution in [2.75, 3.05) is 20.3 Å². The van der Waals surface area contributed by atoms with E-state index in [-0.39, 0.29) is 5.50 Å². The zero-order valence-corrected chi connectivity index (χ0v) is 5.82. The SMILES string of the molecule is COCCNC(N)S. The molecule has 4 heteroatoms. The molecule has 0 saturated heterocycles. The maximum absolute atomic E-state index is 5.23. The molecular formula is C4H12N2OS. The summed E-state index contributed by atoms with van der Waals surface area (Å²) in [6, 6.07) is 0. The van der Waals surface area contributed by atoms with Gasteiger partial charge in [-0.3, -0.25) is 5.32 Å². The molecule has 0 aliphatic rings. The van der Waals surface area contributed by atoms with Crippen LogP contribution < -0.4 is 11.1 Å². The Morgan fingerprint density at radius 2 is 2.50 bits per heavy atom. The summed E-state index contributed by atoms with van der Waals surface area (Å²) in [6.07, 6.45) is 0. The van der Waals surface area contributed by atoms with Gasteiger partial charge in [0.1, 0.15) is 5.50 Å². The maximum Gasteiger partial charge on any atom is 0.100 e. The van der Waals surface area contributed by atoms with Crippen molar-refractivity contribution in [3.63, 3.8) is 0 Å². The molecule has 1 atom stereocenters. The zero-order chi connectivity index (χ0) is 6.41. The Bertz CT molecular complexity index is 51.3. The number of methoxy groups -OCH3 is 1. The lowest BCUT2D eigenvalue weighted by atomic mass is 10.7. The van der Waals surface area contributed by atoms with Crippen molar-refractivity contribution in [3.05, 3.63) is 0 Å². The molecule has 0 heterocycles. The van der Waals surface area contributed by atoms with Crippen molar-refractivity contribution >= 4 is 12.6 Å². The number of rotatable bonds is 4. The van der Waals surface area contributed by atoms with Crippen LogP contribution >= 0.6 is 12.6 Å². The first-order valence-electron chi connectivity index (χ1n) is 2.43. The number of nitrogens with one attached hydrogen (secondary N) is 1. The van der Waals surface area contributed by atoms with E-state index in [9.17, 15) is 0 Å². The van der Waals surface area contributed by atoms with E-state index in [2.05, 4.69) is 17.9 Å². The van der Waals surface area contributed by atoms with Crippen LogP contribution in [0.3, 0.4) is 0 Å². The van der Waals surface area contributed by atoms with Crippen LogP contribution in [0.1, 0.15) is 0 Å². The van der Waals surface area contributed by atoms with Crippen molar-refractivity contribution in [3.8, 4) is 0 Å². The molecule has 3 nitrogen and oxygen atoms in total. The van der Waals surface area contributed by atoms with Crippen LogP contribution in [0.25, 0.3) is 0 Å². The lowest BCUT2D eigenvalue weighted by Crippen LogP contribution is -2.34. The molecule has 0 aliphatic carbocycles. The molecule has 0 aliphatic heterocycles. The summed E-state index contributed by atoms with van der Waals surface area (Å²) in [5.41, 5.74) is 5.00. The Labute approximate surface area is 55.0 Å². The summed E-state index contributed by atoms with van der Waals surface area (Å²) in [5, 5.41) is 2.86. The van der Waals surface area contributed by atoms with Gasteiger partial charge in [-0.05, 0) is 0 Å². The Balaban J connectivity index is 2.72. The molecule has 50 valence electrons. The van der Waals surface area contributed by atoms with Gasteiger partial charge in [0.2, 0.25) is 0 Å². The number of nitrogens with two attached hydrogens (primary N) is 1. The summed E-state index contributed by atoms with van der Waals surface area (Å²) >= 11 is 3.88. The van der Waals surface area contributed by atoms with Crippen molar-refractivity contribution in [1.82, 2.24) is 5.32 Å². The molecule has 0 aromatic heterocycles. The smallest absolute Gasteiger partial charge is 0.100 e. The highest BCUT2D eigenvalue weighted by Crippen LogP contribution is 1.74. The number of hydrogen-bond acceptors (Lipinski definition) is 4. The third-order valence-electron chi connectivity index (χ3n) is 0.660. The molecule has 0 radical (unpaired) electrons. The minimum atomic E-state index is -0.231. The molecule has 8 heavy (non-hydrogen) atoms. The predicted molar refractivity (Wildman–Crippen MR) is 36.8 cm³/mol. The monoisotopic (exact) mass is 136 g/mol. The summed E-state index contributed by atoms with van der Waals surface area (Å²) in [4.78, 5) is 0.